The summed E-state index contributed by atoms with van der Waals surface area (Å²) in [5.41, 5.74) is 4.45. The summed E-state index contributed by atoms with van der Waals surface area (Å²) in [4.78, 5) is 4.69. The molecule has 13 heavy (non-hydrogen) atoms. The number of benzene rings is 1. The van der Waals surface area contributed by atoms with E-state index in [1.807, 2.05) is 13.0 Å². The predicted molar refractivity (Wildman–Crippen MR) is 51.7 cm³/mol. The van der Waals surface area contributed by atoms with Crippen LogP contribution < -0.4 is 5.48 Å². The van der Waals surface area contributed by atoms with Gasteiger partial charge in [0, 0.05) is 6.54 Å². The number of hydrogen-bond donors (Lipinski definition) is 2. The van der Waals surface area contributed by atoms with Crippen molar-refractivity contribution >= 4 is 11.6 Å². The second kappa shape index (κ2) is 4.46. The summed E-state index contributed by atoms with van der Waals surface area (Å²) in [7, 11) is 1.53. The average molecular weight is 202 g/mol. The maximum atomic E-state index is 9.38. The molecule has 0 atom stereocenters. The van der Waals surface area contributed by atoms with E-state index < -0.39 is 0 Å². The molecule has 1 aromatic carbocycles. The van der Waals surface area contributed by atoms with Crippen LogP contribution in [0.1, 0.15) is 11.1 Å². The van der Waals surface area contributed by atoms with Crippen molar-refractivity contribution in [3.8, 4) is 5.75 Å². The number of rotatable bonds is 3. The Labute approximate surface area is 82.2 Å². The normalized spacial score (nSPS) is 10.4. The van der Waals surface area contributed by atoms with E-state index in [0.717, 1.165) is 11.1 Å². The number of nitrogens with one attached hydrogen (secondary N) is 1. The third-order valence-electron chi connectivity index (χ3n) is 1.68. The molecule has 0 saturated carbocycles. The molecule has 2 N–H and O–H groups in total. The number of aromatic hydroxyl groups is 1. The van der Waals surface area contributed by atoms with Crippen molar-refractivity contribution < 1.29 is 9.94 Å². The molecule has 0 saturated heterocycles. The Balaban J connectivity index is 2.92. The van der Waals surface area contributed by atoms with Crippen molar-refractivity contribution in [1.82, 2.24) is 5.48 Å². The lowest BCUT2D eigenvalue weighted by Crippen LogP contribution is -2.11. The lowest BCUT2D eigenvalue weighted by Gasteiger charge is -2.07. The van der Waals surface area contributed by atoms with Gasteiger partial charge in [0.1, 0.15) is 5.75 Å². The van der Waals surface area contributed by atoms with Crippen LogP contribution in [0, 0.1) is 6.92 Å². The van der Waals surface area contributed by atoms with E-state index in [-0.39, 0.29) is 5.75 Å². The van der Waals surface area contributed by atoms with Crippen molar-refractivity contribution in [3.63, 3.8) is 0 Å². The summed E-state index contributed by atoms with van der Waals surface area (Å²) in [6.45, 7) is 2.37. The van der Waals surface area contributed by atoms with Crippen molar-refractivity contribution in [1.29, 1.82) is 0 Å². The number of hydroxylamine groups is 1. The van der Waals surface area contributed by atoms with Gasteiger partial charge in [0.2, 0.25) is 0 Å². The summed E-state index contributed by atoms with van der Waals surface area (Å²) < 4.78 is 0. The molecule has 0 aromatic heterocycles. The van der Waals surface area contributed by atoms with Gasteiger partial charge in [-0.3, -0.25) is 0 Å². The zero-order valence-corrected chi connectivity index (χ0v) is 8.35. The Morgan fingerprint density at radius 1 is 1.54 bits per heavy atom. The Kier molecular flexibility index (Phi) is 3.54. The van der Waals surface area contributed by atoms with Crippen LogP contribution >= 0.6 is 11.6 Å². The molecule has 0 aliphatic heterocycles. The zero-order valence-electron chi connectivity index (χ0n) is 7.60. The SMILES string of the molecule is CONCc1cc(C)cc(O)c1Cl. The minimum absolute atomic E-state index is 0.106. The van der Waals surface area contributed by atoms with Gasteiger partial charge in [-0.25, -0.2) is 0 Å². The van der Waals surface area contributed by atoms with Crippen molar-refractivity contribution in [2.75, 3.05) is 7.11 Å². The van der Waals surface area contributed by atoms with Gasteiger partial charge in [0.05, 0.1) is 12.1 Å². The van der Waals surface area contributed by atoms with Crippen LogP contribution in [0.5, 0.6) is 5.75 Å². The second-order valence-corrected chi connectivity index (χ2v) is 3.16. The van der Waals surface area contributed by atoms with E-state index in [1.54, 1.807) is 6.07 Å². The third kappa shape index (κ3) is 2.59. The highest BCUT2D eigenvalue weighted by Crippen LogP contribution is 2.28. The van der Waals surface area contributed by atoms with Gasteiger partial charge in [-0.2, -0.15) is 5.48 Å². The molecule has 4 heteroatoms. The predicted octanol–water partition coefficient (Wildman–Crippen LogP) is 2.01. The van der Waals surface area contributed by atoms with E-state index in [9.17, 15) is 5.11 Å². The molecule has 0 spiro atoms. The summed E-state index contributed by atoms with van der Waals surface area (Å²) in [6.07, 6.45) is 0. The maximum Gasteiger partial charge on any atom is 0.134 e. The zero-order chi connectivity index (χ0) is 9.84. The Morgan fingerprint density at radius 3 is 2.85 bits per heavy atom. The molecule has 1 aromatic rings. The van der Waals surface area contributed by atoms with Crippen LogP contribution in [0.15, 0.2) is 12.1 Å². The third-order valence-corrected chi connectivity index (χ3v) is 2.12. The molecule has 0 aliphatic rings. The molecule has 0 heterocycles. The van der Waals surface area contributed by atoms with E-state index in [2.05, 4.69) is 5.48 Å². The fraction of sp³-hybridized carbons (Fsp3) is 0.333. The first kappa shape index (κ1) is 10.3. The number of phenolic OH excluding ortho intramolecular Hbond substituents is 1. The van der Waals surface area contributed by atoms with Crippen LogP contribution in [0.25, 0.3) is 0 Å². The smallest absolute Gasteiger partial charge is 0.134 e. The van der Waals surface area contributed by atoms with Crippen LogP contribution in [-0.2, 0) is 11.4 Å². The van der Waals surface area contributed by atoms with Gasteiger partial charge in [-0.1, -0.05) is 17.7 Å². The lowest BCUT2D eigenvalue weighted by molar-refractivity contribution is 0.0867. The Bertz CT molecular complexity index is 302. The molecule has 72 valence electrons. The molecule has 3 nitrogen and oxygen atoms in total. The molecule has 0 fully saturated rings. The minimum Gasteiger partial charge on any atom is -0.506 e. The minimum atomic E-state index is 0.106. The maximum absolute atomic E-state index is 9.38. The molecule has 0 unspecified atom stereocenters. The van der Waals surface area contributed by atoms with Crippen molar-refractivity contribution in [3.05, 3.63) is 28.3 Å². The number of aryl methyl sites for hydroxylation is 1. The van der Waals surface area contributed by atoms with Crippen LogP contribution in [-0.4, -0.2) is 12.2 Å². The van der Waals surface area contributed by atoms with Gasteiger partial charge in [0.15, 0.2) is 0 Å². The van der Waals surface area contributed by atoms with Gasteiger partial charge < -0.3 is 9.94 Å². The van der Waals surface area contributed by atoms with E-state index in [0.29, 0.717) is 11.6 Å². The van der Waals surface area contributed by atoms with Gasteiger partial charge >= 0.3 is 0 Å². The van der Waals surface area contributed by atoms with Crippen LogP contribution in [0.4, 0.5) is 0 Å². The lowest BCUT2D eigenvalue weighted by atomic mass is 10.1. The van der Waals surface area contributed by atoms with E-state index >= 15 is 0 Å². The number of halogens is 1. The monoisotopic (exact) mass is 201 g/mol. The molecule has 0 amide bonds. The molecular formula is C9H12ClNO2. The first-order valence-electron chi connectivity index (χ1n) is 3.89. The van der Waals surface area contributed by atoms with Crippen LogP contribution in [0.2, 0.25) is 5.02 Å². The fourth-order valence-electron chi connectivity index (χ4n) is 1.10. The Hall–Kier alpha value is -0.770. The highest BCUT2D eigenvalue weighted by atomic mass is 35.5. The summed E-state index contributed by atoms with van der Waals surface area (Å²) in [6, 6.07) is 3.52. The van der Waals surface area contributed by atoms with Crippen molar-refractivity contribution in [2.24, 2.45) is 0 Å². The highest BCUT2D eigenvalue weighted by molar-refractivity contribution is 6.32. The second-order valence-electron chi connectivity index (χ2n) is 2.78. The first-order valence-corrected chi connectivity index (χ1v) is 4.26. The van der Waals surface area contributed by atoms with Gasteiger partial charge in [-0.05, 0) is 24.1 Å². The fourth-order valence-corrected chi connectivity index (χ4v) is 1.28. The molecule has 1 rings (SSSR count). The summed E-state index contributed by atoms with van der Waals surface area (Å²) >= 11 is 5.86. The summed E-state index contributed by atoms with van der Waals surface area (Å²) in [5.74, 6) is 0.106. The van der Waals surface area contributed by atoms with Gasteiger partial charge in [0.25, 0.3) is 0 Å². The molecule has 0 aliphatic carbocycles. The van der Waals surface area contributed by atoms with Gasteiger partial charge in [-0.15, -0.1) is 0 Å². The highest BCUT2D eigenvalue weighted by Gasteiger charge is 2.05. The van der Waals surface area contributed by atoms with Crippen molar-refractivity contribution in [2.45, 2.75) is 13.5 Å². The largest absolute Gasteiger partial charge is 0.506 e. The number of phenols is 1. The summed E-state index contributed by atoms with van der Waals surface area (Å²) in [5, 5.41) is 9.75. The Morgan fingerprint density at radius 2 is 2.23 bits per heavy atom. The first-order chi connectivity index (χ1) is 6.15. The quantitative estimate of drug-likeness (QED) is 0.736. The van der Waals surface area contributed by atoms with E-state index in [1.165, 1.54) is 7.11 Å². The standard InChI is InChI=1S/C9H12ClNO2/c1-6-3-7(5-11-13-2)9(10)8(12)4-6/h3-4,11-12H,5H2,1-2H3. The number of hydrogen-bond acceptors (Lipinski definition) is 3. The topological polar surface area (TPSA) is 41.5 Å². The molecule has 0 radical (unpaired) electrons. The van der Waals surface area contributed by atoms with E-state index in [4.69, 9.17) is 16.4 Å². The average Bonchev–Trinajstić information content (AvgIpc) is 2.09. The van der Waals surface area contributed by atoms with Crippen LogP contribution in [0.3, 0.4) is 0 Å². The molecular weight excluding hydrogens is 190 g/mol. The molecule has 0 bridgehead atoms.